The van der Waals surface area contributed by atoms with Gasteiger partial charge < -0.3 is 29.9 Å². The van der Waals surface area contributed by atoms with Gasteiger partial charge >= 0.3 is 0 Å². The Morgan fingerprint density at radius 2 is 1.94 bits per heavy atom. The number of hydrogen-bond donors (Lipinski definition) is 3. The largest absolute Gasteiger partial charge is 0.494 e. The van der Waals surface area contributed by atoms with Crippen LogP contribution in [0.1, 0.15) is 29.6 Å². The first-order valence-corrected chi connectivity index (χ1v) is 11.0. The van der Waals surface area contributed by atoms with Gasteiger partial charge in [0.25, 0.3) is 11.8 Å². The summed E-state index contributed by atoms with van der Waals surface area (Å²) in [7, 11) is 8.71. The van der Waals surface area contributed by atoms with Gasteiger partial charge in [0.05, 0.1) is 29.6 Å². The highest BCUT2D eigenvalue weighted by atomic mass is 16.5. The smallest absolute Gasteiger partial charge is 0.253 e. The molecule has 3 N–H and O–H groups in total. The first-order chi connectivity index (χ1) is 16.6. The minimum Gasteiger partial charge on any atom is -0.494 e. The SMILES string of the molecule is BC(B)(B)NC(=O)c1cnc(NC(=O)CC)cc1Nc1cccc(-c2noc(COC)n2)c1OC. The Kier molecular flexibility index (Phi) is 8.18. The molecule has 11 nitrogen and oxygen atoms in total. The zero-order valence-electron chi connectivity index (χ0n) is 20.7. The lowest BCUT2D eigenvalue weighted by molar-refractivity contribution is -0.115. The summed E-state index contributed by atoms with van der Waals surface area (Å²) in [5.41, 5.74) is 1.85. The number of carbonyl (C=O) groups is 2. The third kappa shape index (κ3) is 6.63. The maximum absolute atomic E-state index is 13.0. The topological polar surface area (TPSA) is 140 Å². The third-order valence-corrected chi connectivity index (χ3v) is 4.69. The predicted molar refractivity (Wildman–Crippen MR) is 139 cm³/mol. The van der Waals surface area contributed by atoms with E-state index in [-0.39, 0.29) is 18.4 Å². The Hall–Kier alpha value is -3.80. The van der Waals surface area contributed by atoms with Crippen LogP contribution in [0.25, 0.3) is 11.4 Å². The molecule has 0 saturated heterocycles. The van der Waals surface area contributed by atoms with Crippen molar-refractivity contribution in [1.29, 1.82) is 0 Å². The number of nitrogens with one attached hydrogen (secondary N) is 3. The van der Waals surface area contributed by atoms with Gasteiger partial charge in [-0.25, -0.2) is 4.98 Å². The van der Waals surface area contributed by atoms with E-state index in [1.165, 1.54) is 20.4 Å². The van der Waals surface area contributed by atoms with E-state index in [1.54, 1.807) is 31.2 Å². The van der Waals surface area contributed by atoms with E-state index in [2.05, 4.69) is 31.1 Å². The molecule has 0 unspecified atom stereocenters. The van der Waals surface area contributed by atoms with E-state index < -0.39 is 5.24 Å². The summed E-state index contributed by atoms with van der Waals surface area (Å²) in [5, 5.41) is 12.4. The zero-order valence-corrected chi connectivity index (χ0v) is 20.7. The van der Waals surface area contributed by atoms with E-state index in [0.717, 1.165) is 0 Å². The second-order valence-corrected chi connectivity index (χ2v) is 8.68. The Balaban J connectivity index is 2.04. The first-order valence-electron chi connectivity index (χ1n) is 11.0. The van der Waals surface area contributed by atoms with Gasteiger partial charge in [0.15, 0.2) is 5.75 Å². The molecule has 1 aromatic carbocycles. The Morgan fingerprint density at radius 1 is 1.17 bits per heavy atom. The molecule has 3 rings (SSSR count). The summed E-state index contributed by atoms with van der Waals surface area (Å²) in [4.78, 5) is 33.5. The summed E-state index contributed by atoms with van der Waals surface area (Å²) in [6, 6.07) is 6.97. The lowest BCUT2D eigenvalue weighted by Gasteiger charge is -2.22. The highest BCUT2D eigenvalue weighted by molar-refractivity contribution is 6.60. The zero-order chi connectivity index (χ0) is 25.6. The van der Waals surface area contributed by atoms with Crippen molar-refractivity contribution in [3.63, 3.8) is 0 Å². The molecule has 2 aromatic heterocycles. The quantitative estimate of drug-likeness (QED) is 0.334. The number of hydrogen-bond acceptors (Lipinski definition) is 9. The van der Waals surface area contributed by atoms with Crippen LogP contribution < -0.4 is 20.7 Å². The minimum atomic E-state index is -0.459. The number of pyridine rings is 1. The maximum Gasteiger partial charge on any atom is 0.253 e. The van der Waals surface area contributed by atoms with Crippen molar-refractivity contribution >= 4 is 52.5 Å². The van der Waals surface area contributed by atoms with Crippen LogP contribution in [0.15, 0.2) is 35.0 Å². The lowest BCUT2D eigenvalue weighted by Crippen LogP contribution is -2.50. The van der Waals surface area contributed by atoms with Gasteiger partial charge in [-0.1, -0.05) is 18.1 Å². The summed E-state index contributed by atoms with van der Waals surface area (Å²) in [6.07, 6.45) is 1.71. The summed E-state index contributed by atoms with van der Waals surface area (Å²) in [6.45, 7) is 1.93. The first kappa shape index (κ1) is 25.8. The van der Waals surface area contributed by atoms with Gasteiger partial charge in [-0.3, -0.25) is 9.59 Å². The molecule has 0 aliphatic rings. The van der Waals surface area contributed by atoms with Crippen molar-refractivity contribution in [2.75, 3.05) is 24.9 Å². The molecule has 180 valence electrons. The fourth-order valence-electron chi connectivity index (χ4n) is 3.17. The molecule has 0 saturated carbocycles. The van der Waals surface area contributed by atoms with Crippen molar-refractivity contribution in [1.82, 2.24) is 20.4 Å². The van der Waals surface area contributed by atoms with Crippen molar-refractivity contribution in [3.8, 4) is 17.1 Å². The average Bonchev–Trinajstić information content (AvgIpc) is 3.26. The molecule has 0 aliphatic carbocycles. The second kappa shape index (κ2) is 11.1. The fraction of sp³-hybridized carbons (Fsp3) is 0.286. The standard InChI is InChI=1S/C21H27B3N6O5/c1-4-16(31)27-15-8-14(12(9-25-15)20(32)29-21(22,23)24)26-13-7-5-6-11(18(13)34-3)19-28-17(10-33-2)35-30-19/h5-9H,4,10,22-24H2,1-3H3,(H,29,32)(H2,25,26,27,31). The monoisotopic (exact) mass is 476 g/mol. The van der Waals surface area contributed by atoms with Gasteiger partial charge in [-0.2, -0.15) is 4.98 Å². The molecule has 3 aromatic rings. The molecule has 14 heteroatoms. The highest BCUT2D eigenvalue weighted by Gasteiger charge is 2.22. The van der Waals surface area contributed by atoms with Gasteiger partial charge in [-0.05, 0) is 17.4 Å². The molecule has 2 heterocycles. The van der Waals surface area contributed by atoms with E-state index in [9.17, 15) is 9.59 Å². The maximum atomic E-state index is 13.0. The predicted octanol–water partition coefficient (Wildman–Crippen LogP) is -0.381. The van der Waals surface area contributed by atoms with Crippen molar-refractivity contribution in [3.05, 3.63) is 41.9 Å². The van der Waals surface area contributed by atoms with Crippen molar-refractivity contribution < 1.29 is 23.6 Å². The van der Waals surface area contributed by atoms with Crippen molar-refractivity contribution in [2.45, 2.75) is 25.2 Å². The molecule has 35 heavy (non-hydrogen) atoms. The van der Waals surface area contributed by atoms with Crippen LogP contribution in [0.3, 0.4) is 0 Å². The number of aromatic nitrogens is 3. The summed E-state index contributed by atoms with van der Waals surface area (Å²) in [5.74, 6) is 0.889. The van der Waals surface area contributed by atoms with E-state index in [4.69, 9.17) is 14.0 Å². The number of para-hydroxylation sites is 1. The Labute approximate surface area is 206 Å². The molecule has 0 aliphatic heterocycles. The van der Waals surface area contributed by atoms with Crippen molar-refractivity contribution in [2.24, 2.45) is 0 Å². The summed E-state index contributed by atoms with van der Waals surface area (Å²) < 4.78 is 15.9. The molecule has 0 fully saturated rings. The number of methoxy groups -OCH3 is 2. The Bertz CT molecular complexity index is 1210. The number of rotatable bonds is 10. The number of carbonyl (C=O) groups excluding carboxylic acids is 2. The molecule has 0 radical (unpaired) electrons. The number of anilines is 3. The molecular weight excluding hydrogens is 449 g/mol. The summed E-state index contributed by atoms with van der Waals surface area (Å²) >= 11 is 0. The van der Waals surface area contributed by atoms with Crippen LogP contribution in [-0.4, -0.2) is 69.9 Å². The normalized spacial score (nSPS) is 11.1. The number of benzene rings is 1. The van der Waals surface area contributed by atoms with Crippen LogP contribution in [0.2, 0.25) is 0 Å². The van der Waals surface area contributed by atoms with E-state index >= 15 is 0 Å². The molecule has 0 bridgehead atoms. The molecule has 2 amide bonds. The molecule has 0 spiro atoms. The molecular formula is C21H27B3N6O5. The second-order valence-electron chi connectivity index (χ2n) is 8.68. The fourth-order valence-corrected chi connectivity index (χ4v) is 3.17. The minimum absolute atomic E-state index is 0.183. The van der Waals surface area contributed by atoms with Gasteiger partial charge in [0.2, 0.25) is 11.7 Å². The van der Waals surface area contributed by atoms with E-state index in [1.807, 2.05) is 23.5 Å². The van der Waals surface area contributed by atoms with Crippen LogP contribution in [0.5, 0.6) is 5.75 Å². The van der Waals surface area contributed by atoms with Gasteiger partial charge in [0.1, 0.15) is 36.0 Å². The van der Waals surface area contributed by atoms with Crippen LogP contribution in [0, 0.1) is 0 Å². The lowest BCUT2D eigenvalue weighted by atomic mass is 9.49. The van der Waals surface area contributed by atoms with Gasteiger partial charge in [0, 0.05) is 25.8 Å². The van der Waals surface area contributed by atoms with E-state index in [0.29, 0.717) is 52.2 Å². The number of amides is 2. The van der Waals surface area contributed by atoms with Crippen LogP contribution in [0.4, 0.5) is 17.2 Å². The van der Waals surface area contributed by atoms with Gasteiger partial charge in [-0.15, -0.1) is 0 Å². The Morgan fingerprint density at radius 3 is 2.60 bits per heavy atom. The average molecular weight is 476 g/mol. The van der Waals surface area contributed by atoms with Crippen LogP contribution in [-0.2, 0) is 16.1 Å². The number of ether oxygens (including phenoxy) is 2. The highest BCUT2D eigenvalue weighted by Crippen LogP contribution is 2.37. The third-order valence-electron chi connectivity index (χ3n) is 4.69. The van der Waals surface area contributed by atoms with Crippen LogP contribution >= 0.6 is 0 Å². The molecule has 0 atom stereocenters. The number of nitrogens with zero attached hydrogens (tertiary/aromatic N) is 3.